The molecule has 0 spiro atoms. The smallest absolute Gasteiger partial charge is 0.326 e. The van der Waals surface area contributed by atoms with E-state index >= 15 is 0 Å². The maximum absolute atomic E-state index is 13.7. The molecular weight excluding hydrogens is 521 g/mol. The van der Waals surface area contributed by atoms with Crippen molar-refractivity contribution in [3.63, 3.8) is 0 Å². The van der Waals surface area contributed by atoms with Crippen LogP contribution in [0.1, 0.15) is 21.5 Å². The first kappa shape index (κ1) is 25.6. The lowest BCUT2D eigenvalue weighted by molar-refractivity contribution is -0.142. The van der Waals surface area contributed by atoms with Crippen LogP contribution >= 0.6 is 23.2 Å². The average Bonchev–Trinajstić information content (AvgIpc) is 3.35. The molecule has 0 aliphatic carbocycles. The van der Waals surface area contributed by atoms with Crippen LogP contribution in [0, 0.1) is 0 Å². The van der Waals surface area contributed by atoms with Crippen molar-refractivity contribution in [1.29, 1.82) is 0 Å². The van der Waals surface area contributed by atoms with Crippen molar-refractivity contribution in [2.75, 3.05) is 0 Å². The highest BCUT2D eigenvalue weighted by Gasteiger charge is 2.32. The fourth-order valence-corrected chi connectivity index (χ4v) is 4.89. The van der Waals surface area contributed by atoms with Crippen LogP contribution in [0.5, 0.6) is 0 Å². The molecule has 190 valence electrons. The summed E-state index contributed by atoms with van der Waals surface area (Å²) in [5, 5.41) is 11.8. The third-order valence-corrected chi connectivity index (χ3v) is 6.92. The van der Waals surface area contributed by atoms with E-state index in [0.717, 1.165) is 33.4 Å². The predicted octanol–water partition coefficient (Wildman–Crippen LogP) is 7.74. The molecule has 5 aromatic rings. The van der Waals surface area contributed by atoms with Gasteiger partial charge < -0.3 is 14.4 Å². The van der Waals surface area contributed by atoms with E-state index in [1.807, 2.05) is 84.9 Å². The number of halogens is 2. The fourth-order valence-electron chi connectivity index (χ4n) is 4.40. The number of amides is 1. The van der Waals surface area contributed by atoms with Gasteiger partial charge in [-0.3, -0.25) is 4.79 Å². The van der Waals surface area contributed by atoms with E-state index in [2.05, 4.69) is 0 Å². The van der Waals surface area contributed by atoms with E-state index in [1.165, 1.54) is 17.0 Å². The van der Waals surface area contributed by atoms with Gasteiger partial charge in [-0.15, -0.1) is 0 Å². The average molecular weight is 544 g/mol. The van der Waals surface area contributed by atoms with Gasteiger partial charge in [-0.1, -0.05) is 96.0 Å². The van der Waals surface area contributed by atoms with Gasteiger partial charge in [-0.05, 0) is 41.5 Å². The number of nitrogens with zero attached hydrogens (tertiary/aromatic N) is 1. The zero-order chi connectivity index (χ0) is 26.6. The van der Waals surface area contributed by atoms with Crippen LogP contribution in [0.3, 0.4) is 0 Å². The van der Waals surface area contributed by atoms with Gasteiger partial charge in [0.25, 0.3) is 5.91 Å². The van der Waals surface area contributed by atoms with Crippen LogP contribution in [0.4, 0.5) is 0 Å². The molecule has 38 heavy (non-hydrogen) atoms. The van der Waals surface area contributed by atoms with E-state index < -0.39 is 17.9 Å². The van der Waals surface area contributed by atoms with E-state index in [-0.39, 0.29) is 23.6 Å². The molecule has 5 rings (SSSR count). The summed E-state index contributed by atoms with van der Waals surface area (Å²) < 4.78 is 5.96. The number of carbonyl (C=O) groups excluding carboxylic acids is 1. The Bertz CT molecular complexity index is 1560. The Morgan fingerprint density at radius 1 is 0.816 bits per heavy atom. The van der Waals surface area contributed by atoms with Gasteiger partial charge in [0.2, 0.25) is 0 Å². The maximum atomic E-state index is 13.7. The molecule has 1 amide bonds. The van der Waals surface area contributed by atoms with Crippen LogP contribution < -0.4 is 0 Å². The maximum Gasteiger partial charge on any atom is 0.326 e. The minimum absolute atomic E-state index is 0.0714. The molecule has 5 nitrogen and oxygen atoms in total. The number of carboxylic acid groups (broad SMARTS) is 1. The number of fused-ring (bicyclic) bond motifs is 1. The van der Waals surface area contributed by atoms with Crippen LogP contribution in [-0.2, 0) is 17.8 Å². The monoisotopic (exact) mass is 543 g/mol. The lowest BCUT2D eigenvalue weighted by Crippen LogP contribution is -2.46. The van der Waals surface area contributed by atoms with Gasteiger partial charge in [0, 0.05) is 28.9 Å². The van der Waals surface area contributed by atoms with Crippen molar-refractivity contribution in [3.8, 4) is 11.3 Å². The number of hydrogen-bond donors (Lipinski definition) is 1. The molecule has 0 fully saturated rings. The summed E-state index contributed by atoms with van der Waals surface area (Å²) in [6.07, 6.45) is 0.143. The van der Waals surface area contributed by atoms with Crippen molar-refractivity contribution >= 4 is 46.0 Å². The predicted molar refractivity (Wildman–Crippen MR) is 150 cm³/mol. The lowest BCUT2D eigenvalue weighted by Gasteiger charge is -2.30. The highest BCUT2D eigenvalue weighted by Crippen LogP contribution is 2.29. The summed E-state index contributed by atoms with van der Waals surface area (Å²) >= 11 is 12.4. The van der Waals surface area contributed by atoms with Crippen LogP contribution in [-0.4, -0.2) is 27.9 Å². The fraction of sp³-hybridized carbons (Fsp3) is 0.0968. The van der Waals surface area contributed by atoms with Crippen molar-refractivity contribution < 1.29 is 19.1 Å². The summed E-state index contributed by atoms with van der Waals surface area (Å²) in [6.45, 7) is 0.0714. The summed E-state index contributed by atoms with van der Waals surface area (Å²) in [5.74, 6) is -0.867. The molecule has 0 bridgehead atoms. The van der Waals surface area contributed by atoms with Gasteiger partial charge >= 0.3 is 5.97 Å². The third kappa shape index (κ3) is 5.59. The van der Waals surface area contributed by atoms with Gasteiger partial charge in [0.05, 0.1) is 10.6 Å². The Balaban J connectivity index is 1.47. The summed E-state index contributed by atoms with van der Waals surface area (Å²) in [7, 11) is 0. The molecule has 0 saturated carbocycles. The molecule has 0 radical (unpaired) electrons. The second-order valence-electron chi connectivity index (χ2n) is 8.95. The number of carboxylic acids is 1. The highest BCUT2D eigenvalue weighted by atomic mass is 35.5. The minimum atomic E-state index is -1.12. The molecule has 4 aromatic carbocycles. The number of benzene rings is 4. The quantitative estimate of drug-likeness (QED) is 0.217. The Morgan fingerprint density at radius 3 is 2.21 bits per heavy atom. The van der Waals surface area contributed by atoms with Crippen molar-refractivity contribution in [2.45, 2.75) is 19.0 Å². The molecule has 1 N–H and O–H groups in total. The highest BCUT2D eigenvalue weighted by molar-refractivity contribution is 6.36. The van der Waals surface area contributed by atoms with E-state index in [4.69, 9.17) is 27.6 Å². The van der Waals surface area contributed by atoms with Crippen molar-refractivity contribution in [2.24, 2.45) is 0 Å². The van der Waals surface area contributed by atoms with Gasteiger partial charge in [-0.25, -0.2) is 4.79 Å². The Labute approximate surface area is 229 Å². The number of rotatable bonds is 8. The SMILES string of the molecule is O=C(O)[C@H](Cc1ccccc1)N(Cc1ccc(-c2cc3ccccc3o2)cc1)C(=O)c1ccc(Cl)cc1Cl. The standard InChI is InChI=1S/C31H23Cl2NO4/c32-24-14-15-25(26(33)18-24)30(35)34(27(31(36)37)16-20-6-2-1-3-7-20)19-21-10-12-22(13-11-21)29-17-23-8-4-5-9-28(23)38-29/h1-15,17-18,27H,16,19H2,(H,36,37)/t27-/m0/s1. The summed E-state index contributed by atoms with van der Waals surface area (Å²) in [6, 6.07) is 30.0. The largest absolute Gasteiger partial charge is 0.480 e. The van der Waals surface area contributed by atoms with Gasteiger partial charge in [0.15, 0.2) is 0 Å². The first-order chi connectivity index (χ1) is 18.4. The zero-order valence-electron chi connectivity index (χ0n) is 20.2. The molecule has 1 aromatic heterocycles. The zero-order valence-corrected chi connectivity index (χ0v) is 21.7. The van der Waals surface area contributed by atoms with Crippen LogP contribution in [0.2, 0.25) is 10.0 Å². The molecule has 0 unspecified atom stereocenters. The van der Waals surface area contributed by atoms with E-state index in [9.17, 15) is 14.7 Å². The normalized spacial score (nSPS) is 11.8. The number of carbonyl (C=O) groups is 2. The molecule has 0 aliphatic heterocycles. The third-order valence-electron chi connectivity index (χ3n) is 6.37. The van der Waals surface area contributed by atoms with Gasteiger partial charge in [-0.2, -0.15) is 0 Å². The van der Waals surface area contributed by atoms with Gasteiger partial charge in [0.1, 0.15) is 17.4 Å². The molecule has 1 atom stereocenters. The molecule has 1 heterocycles. The second kappa shape index (κ2) is 11.1. The van der Waals surface area contributed by atoms with E-state index in [0.29, 0.717) is 5.02 Å². The Hall–Kier alpha value is -4.06. The topological polar surface area (TPSA) is 70.8 Å². The molecule has 0 aliphatic rings. The minimum Gasteiger partial charge on any atom is -0.480 e. The Kier molecular flexibility index (Phi) is 7.50. The lowest BCUT2D eigenvalue weighted by atomic mass is 10.0. The molecule has 7 heteroatoms. The molecule has 0 saturated heterocycles. The number of hydrogen-bond acceptors (Lipinski definition) is 3. The number of aliphatic carboxylic acids is 1. The summed E-state index contributed by atoms with van der Waals surface area (Å²) in [5.41, 5.74) is 3.44. The number of furan rings is 1. The second-order valence-corrected chi connectivity index (χ2v) is 9.79. The summed E-state index contributed by atoms with van der Waals surface area (Å²) in [4.78, 5) is 27.5. The Morgan fingerprint density at radius 2 is 1.53 bits per heavy atom. The van der Waals surface area contributed by atoms with Crippen LogP contribution in [0.25, 0.3) is 22.3 Å². The molecular formula is C31H23Cl2NO4. The van der Waals surface area contributed by atoms with E-state index in [1.54, 1.807) is 6.07 Å². The first-order valence-corrected chi connectivity index (χ1v) is 12.8. The van der Waals surface area contributed by atoms with Crippen LogP contribution in [0.15, 0.2) is 108 Å². The first-order valence-electron chi connectivity index (χ1n) is 12.0. The van der Waals surface area contributed by atoms with Crippen molar-refractivity contribution in [3.05, 3.63) is 130 Å². The van der Waals surface area contributed by atoms with Crippen molar-refractivity contribution in [1.82, 2.24) is 4.90 Å². The number of para-hydroxylation sites is 1.